The van der Waals surface area contributed by atoms with E-state index >= 15 is 0 Å². The lowest BCUT2D eigenvalue weighted by molar-refractivity contribution is -0.110. The van der Waals surface area contributed by atoms with Crippen molar-refractivity contribution in [2.75, 3.05) is 0 Å². The van der Waals surface area contributed by atoms with Gasteiger partial charge in [0.15, 0.2) is 0 Å². The van der Waals surface area contributed by atoms with Crippen LogP contribution in [0.2, 0.25) is 0 Å². The van der Waals surface area contributed by atoms with Crippen molar-refractivity contribution in [2.45, 2.75) is 38.6 Å². The van der Waals surface area contributed by atoms with Crippen molar-refractivity contribution in [3.05, 3.63) is 34.9 Å². The van der Waals surface area contributed by atoms with Crippen LogP contribution in [-0.4, -0.2) is 6.41 Å². The van der Waals surface area contributed by atoms with Crippen LogP contribution in [0.4, 0.5) is 0 Å². The second-order valence-electron chi connectivity index (χ2n) is 4.24. The first-order valence-electron chi connectivity index (χ1n) is 5.62. The van der Waals surface area contributed by atoms with Crippen molar-refractivity contribution >= 4 is 6.41 Å². The number of rotatable bonds is 3. The summed E-state index contributed by atoms with van der Waals surface area (Å²) in [5, 5.41) is 2.79. The zero-order valence-electron chi connectivity index (χ0n) is 9.12. The monoisotopic (exact) mass is 203 g/mol. The molecule has 1 aliphatic carbocycles. The van der Waals surface area contributed by atoms with E-state index in [0.717, 1.165) is 6.41 Å². The minimum absolute atomic E-state index is 0.120. The van der Waals surface area contributed by atoms with Gasteiger partial charge in [0, 0.05) is 0 Å². The summed E-state index contributed by atoms with van der Waals surface area (Å²) in [5.41, 5.74) is 4.17. The van der Waals surface area contributed by atoms with E-state index in [2.05, 4.69) is 23.5 Å². The molecule has 0 fully saturated rings. The maximum Gasteiger partial charge on any atom is 0.207 e. The highest BCUT2D eigenvalue weighted by atomic mass is 16.1. The molecule has 0 saturated heterocycles. The Morgan fingerprint density at radius 2 is 2.00 bits per heavy atom. The topological polar surface area (TPSA) is 29.1 Å². The third-order valence-corrected chi connectivity index (χ3v) is 3.19. The molecule has 0 bridgehead atoms. The van der Waals surface area contributed by atoms with Gasteiger partial charge in [-0.3, -0.25) is 4.79 Å². The molecule has 0 spiro atoms. The second-order valence-corrected chi connectivity index (χ2v) is 4.24. The minimum Gasteiger partial charge on any atom is -0.352 e. The Kier molecular flexibility index (Phi) is 3.05. The molecule has 2 nitrogen and oxygen atoms in total. The first kappa shape index (κ1) is 10.2. The third-order valence-electron chi connectivity index (χ3n) is 3.19. The molecule has 0 heterocycles. The zero-order valence-corrected chi connectivity index (χ0v) is 9.12. The fourth-order valence-electron chi connectivity index (χ4n) is 2.22. The van der Waals surface area contributed by atoms with Crippen molar-refractivity contribution in [1.29, 1.82) is 0 Å². The molecular formula is C13H17NO. The van der Waals surface area contributed by atoms with E-state index in [1.165, 1.54) is 42.4 Å². The number of benzene rings is 1. The van der Waals surface area contributed by atoms with Crippen LogP contribution in [0.3, 0.4) is 0 Å². The van der Waals surface area contributed by atoms with Crippen LogP contribution < -0.4 is 5.32 Å². The summed E-state index contributed by atoms with van der Waals surface area (Å²) in [6.45, 7) is 2.01. The summed E-state index contributed by atoms with van der Waals surface area (Å²) in [5.74, 6) is 0. The zero-order chi connectivity index (χ0) is 10.7. The van der Waals surface area contributed by atoms with Gasteiger partial charge < -0.3 is 5.32 Å². The largest absolute Gasteiger partial charge is 0.352 e. The van der Waals surface area contributed by atoms with Crippen molar-refractivity contribution in [3.63, 3.8) is 0 Å². The van der Waals surface area contributed by atoms with Crippen LogP contribution in [-0.2, 0) is 17.6 Å². The Morgan fingerprint density at radius 3 is 2.73 bits per heavy atom. The van der Waals surface area contributed by atoms with Gasteiger partial charge in [-0.25, -0.2) is 0 Å². The molecule has 1 N–H and O–H groups in total. The van der Waals surface area contributed by atoms with Crippen LogP contribution in [0.1, 0.15) is 42.5 Å². The Bertz CT molecular complexity index is 360. The minimum atomic E-state index is 0.120. The highest BCUT2D eigenvalue weighted by Gasteiger charge is 2.11. The predicted octanol–water partition coefficient (Wildman–Crippen LogP) is 2.37. The standard InChI is InChI=1S/C13H17NO/c1-10(14-9-15)12-7-6-11-4-2-3-5-13(11)8-12/h6-10H,2-5H2,1H3,(H,14,15). The number of hydrogen-bond donors (Lipinski definition) is 1. The number of fused-ring (bicyclic) bond motifs is 1. The summed E-state index contributed by atoms with van der Waals surface area (Å²) in [6, 6.07) is 6.71. The first-order chi connectivity index (χ1) is 7.31. The molecule has 1 amide bonds. The molecule has 0 aromatic heterocycles. The maximum atomic E-state index is 10.4. The van der Waals surface area contributed by atoms with Crippen LogP contribution in [0.5, 0.6) is 0 Å². The fourth-order valence-corrected chi connectivity index (χ4v) is 2.22. The van der Waals surface area contributed by atoms with E-state index in [1.54, 1.807) is 0 Å². The molecule has 2 heteroatoms. The fraction of sp³-hybridized carbons (Fsp3) is 0.462. The Hall–Kier alpha value is -1.31. The van der Waals surface area contributed by atoms with Gasteiger partial charge >= 0.3 is 0 Å². The molecule has 2 rings (SSSR count). The van der Waals surface area contributed by atoms with Crippen molar-refractivity contribution in [1.82, 2.24) is 5.32 Å². The van der Waals surface area contributed by atoms with Crippen LogP contribution in [0.25, 0.3) is 0 Å². The van der Waals surface area contributed by atoms with E-state index < -0.39 is 0 Å². The van der Waals surface area contributed by atoms with Gasteiger partial charge in [-0.05, 0) is 49.3 Å². The second kappa shape index (κ2) is 4.47. The third kappa shape index (κ3) is 2.20. The summed E-state index contributed by atoms with van der Waals surface area (Å²) >= 11 is 0. The molecule has 1 atom stereocenters. The quantitative estimate of drug-likeness (QED) is 0.751. The number of amides is 1. The van der Waals surface area contributed by atoms with E-state index in [1.807, 2.05) is 6.92 Å². The van der Waals surface area contributed by atoms with Gasteiger partial charge in [-0.1, -0.05) is 18.2 Å². The maximum absolute atomic E-state index is 10.4. The molecule has 1 aromatic carbocycles. The average molecular weight is 203 g/mol. The van der Waals surface area contributed by atoms with Gasteiger partial charge in [0.2, 0.25) is 6.41 Å². The van der Waals surface area contributed by atoms with Gasteiger partial charge in [0.1, 0.15) is 0 Å². The highest BCUT2D eigenvalue weighted by Crippen LogP contribution is 2.24. The lowest BCUT2D eigenvalue weighted by atomic mass is 9.89. The van der Waals surface area contributed by atoms with Crippen molar-refractivity contribution < 1.29 is 4.79 Å². The van der Waals surface area contributed by atoms with Gasteiger partial charge in [0.25, 0.3) is 0 Å². The average Bonchev–Trinajstić information content (AvgIpc) is 2.29. The highest BCUT2D eigenvalue weighted by molar-refractivity contribution is 5.48. The first-order valence-corrected chi connectivity index (χ1v) is 5.62. The molecular weight excluding hydrogens is 186 g/mol. The number of aryl methyl sites for hydroxylation is 2. The Labute approximate surface area is 90.7 Å². The number of carbonyl (C=O) groups is 1. The molecule has 1 aliphatic rings. The van der Waals surface area contributed by atoms with E-state index in [0.29, 0.717) is 0 Å². The normalized spacial score (nSPS) is 16.6. The van der Waals surface area contributed by atoms with Gasteiger partial charge in [0.05, 0.1) is 6.04 Å². The summed E-state index contributed by atoms with van der Waals surface area (Å²) in [6.07, 6.45) is 5.78. The molecule has 0 saturated carbocycles. The molecule has 0 radical (unpaired) electrons. The molecule has 80 valence electrons. The van der Waals surface area contributed by atoms with E-state index in [9.17, 15) is 4.79 Å². The molecule has 1 unspecified atom stereocenters. The van der Waals surface area contributed by atoms with Crippen LogP contribution >= 0.6 is 0 Å². The number of carbonyl (C=O) groups excluding carboxylic acids is 1. The number of hydrogen-bond acceptors (Lipinski definition) is 1. The molecule has 15 heavy (non-hydrogen) atoms. The van der Waals surface area contributed by atoms with Crippen LogP contribution in [0.15, 0.2) is 18.2 Å². The lowest BCUT2D eigenvalue weighted by Gasteiger charge is -2.18. The summed E-state index contributed by atoms with van der Waals surface area (Å²) in [7, 11) is 0. The predicted molar refractivity (Wildman–Crippen MR) is 60.7 cm³/mol. The molecule has 1 aromatic rings. The van der Waals surface area contributed by atoms with Gasteiger partial charge in [-0.15, -0.1) is 0 Å². The lowest BCUT2D eigenvalue weighted by Crippen LogP contribution is -2.16. The van der Waals surface area contributed by atoms with Gasteiger partial charge in [-0.2, -0.15) is 0 Å². The molecule has 0 aliphatic heterocycles. The van der Waals surface area contributed by atoms with E-state index in [4.69, 9.17) is 0 Å². The SMILES string of the molecule is CC(NC=O)c1ccc2c(c1)CCCC2. The summed E-state index contributed by atoms with van der Waals surface area (Å²) in [4.78, 5) is 10.4. The summed E-state index contributed by atoms with van der Waals surface area (Å²) < 4.78 is 0. The Morgan fingerprint density at radius 1 is 1.27 bits per heavy atom. The van der Waals surface area contributed by atoms with E-state index in [-0.39, 0.29) is 6.04 Å². The number of nitrogens with one attached hydrogen (secondary N) is 1. The Balaban J connectivity index is 2.23. The van der Waals surface area contributed by atoms with Crippen molar-refractivity contribution in [3.8, 4) is 0 Å². The van der Waals surface area contributed by atoms with Crippen molar-refractivity contribution in [2.24, 2.45) is 0 Å². The van der Waals surface area contributed by atoms with Crippen LogP contribution in [0, 0.1) is 0 Å². The smallest absolute Gasteiger partial charge is 0.207 e.